The number of hydrogen-bond donors (Lipinski definition) is 3. The Morgan fingerprint density at radius 1 is 1.21 bits per heavy atom. The maximum atomic E-state index is 13.9. The number of carbonyl (C=O) groups is 3. The number of nitrogens with one attached hydrogen (secondary N) is 1. The predicted octanol–water partition coefficient (Wildman–Crippen LogP) is 4.70. The minimum absolute atomic E-state index is 0.0123. The van der Waals surface area contributed by atoms with E-state index in [4.69, 9.17) is 10.2 Å². The maximum Gasteiger partial charge on any atom is 0.358 e. The van der Waals surface area contributed by atoms with Gasteiger partial charge in [0.25, 0.3) is 0 Å². The van der Waals surface area contributed by atoms with Gasteiger partial charge in [-0.25, -0.2) is 14.6 Å². The SMILES string of the molecule is Cc1oc([C@@H](Cc2cn(C)c3ccccc23)N(C(=O)NC2CCCCC2)C(=O)[C@@H](N)CC(C)C)nc1C(=O)O. The highest BCUT2D eigenvalue weighted by atomic mass is 16.4. The Bertz CT molecular complexity index is 1340. The molecule has 4 N–H and O–H groups in total. The van der Waals surface area contributed by atoms with Gasteiger partial charge in [0.05, 0.1) is 6.04 Å². The third-order valence-corrected chi connectivity index (χ3v) is 7.44. The molecule has 0 saturated heterocycles. The number of carboxylic acid groups (broad SMARTS) is 1. The van der Waals surface area contributed by atoms with Crippen LogP contribution in [0.3, 0.4) is 0 Å². The predicted molar refractivity (Wildman–Crippen MR) is 147 cm³/mol. The quantitative estimate of drug-likeness (QED) is 0.359. The normalized spacial score (nSPS) is 15.8. The smallest absolute Gasteiger partial charge is 0.358 e. The fourth-order valence-electron chi connectivity index (χ4n) is 5.52. The lowest BCUT2D eigenvalue weighted by Gasteiger charge is -2.33. The van der Waals surface area contributed by atoms with Crippen molar-refractivity contribution in [1.29, 1.82) is 0 Å². The molecule has 1 fully saturated rings. The molecule has 0 radical (unpaired) electrons. The Morgan fingerprint density at radius 3 is 2.54 bits per heavy atom. The second-order valence-electron chi connectivity index (χ2n) is 11.0. The number of aromatic nitrogens is 2. The summed E-state index contributed by atoms with van der Waals surface area (Å²) in [6, 6.07) is 5.29. The molecule has 39 heavy (non-hydrogen) atoms. The Kier molecular flexibility index (Phi) is 8.74. The van der Waals surface area contributed by atoms with E-state index in [0.717, 1.165) is 53.5 Å². The standard InChI is InChI=1S/C29H39N5O5/c1-17(2)14-22(30)27(35)34(29(38)31-20-10-6-5-7-11-20)24(26-32-25(28(36)37)18(3)39-26)15-19-16-33(4)23-13-9-8-12-21(19)23/h8-9,12-13,16-17,20,22,24H,5-7,10-11,14-15,30H2,1-4H3,(H,31,38)(H,36,37)/t22-,24+/m0/s1. The average molecular weight is 538 g/mol. The van der Waals surface area contributed by atoms with Crippen LogP contribution >= 0.6 is 0 Å². The van der Waals surface area contributed by atoms with E-state index >= 15 is 0 Å². The zero-order valence-electron chi connectivity index (χ0n) is 23.1. The molecule has 2 heterocycles. The summed E-state index contributed by atoms with van der Waals surface area (Å²) in [5.74, 6) is -1.57. The van der Waals surface area contributed by atoms with Crippen LogP contribution < -0.4 is 11.1 Å². The van der Waals surface area contributed by atoms with Gasteiger partial charge in [0.2, 0.25) is 11.8 Å². The first kappa shape index (κ1) is 28.4. The molecule has 1 aliphatic rings. The lowest BCUT2D eigenvalue weighted by Crippen LogP contribution is -2.54. The van der Waals surface area contributed by atoms with Gasteiger partial charge in [0.15, 0.2) is 5.69 Å². The van der Waals surface area contributed by atoms with Crippen LogP contribution in [-0.4, -0.2) is 49.5 Å². The zero-order valence-corrected chi connectivity index (χ0v) is 23.1. The molecule has 1 saturated carbocycles. The topological polar surface area (TPSA) is 144 Å². The van der Waals surface area contributed by atoms with Crippen molar-refractivity contribution in [3.63, 3.8) is 0 Å². The van der Waals surface area contributed by atoms with Crippen LogP contribution in [0.15, 0.2) is 34.9 Å². The lowest BCUT2D eigenvalue weighted by molar-refractivity contribution is -0.132. The molecule has 210 valence electrons. The van der Waals surface area contributed by atoms with Crippen LogP contribution in [0.25, 0.3) is 10.9 Å². The molecule has 0 aliphatic heterocycles. The molecule has 10 nitrogen and oxygen atoms in total. The van der Waals surface area contributed by atoms with E-state index in [9.17, 15) is 19.5 Å². The number of aryl methyl sites for hydroxylation is 2. The fourth-order valence-corrected chi connectivity index (χ4v) is 5.52. The Labute approximate surface area is 228 Å². The first-order valence-electron chi connectivity index (χ1n) is 13.7. The van der Waals surface area contributed by atoms with Gasteiger partial charge in [0.1, 0.15) is 11.8 Å². The highest BCUT2D eigenvalue weighted by molar-refractivity contribution is 5.98. The van der Waals surface area contributed by atoms with Crippen LogP contribution in [0.4, 0.5) is 4.79 Å². The summed E-state index contributed by atoms with van der Waals surface area (Å²) in [6.45, 7) is 5.43. The molecule has 0 unspecified atom stereocenters. The van der Waals surface area contributed by atoms with Gasteiger partial charge in [-0.05, 0) is 43.7 Å². The number of nitrogens with zero attached hydrogens (tertiary/aromatic N) is 3. The molecule has 10 heteroatoms. The van der Waals surface area contributed by atoms with Crippen molar-refractivity contribution < 1.29 is 23.9 Å². The summed E-state index contributed by atoms with van der Waals surface area (Å²) in [7, 11) is 1.93. The van der Waals surface area contributed by atoms with Gasteiger partial charge in [-0.3, -0.25) is 9.69 Å². The molecular weight excluding hydrogens is 498 g/mol. The highest BCUT2D eigenvalue weighted by Gasteiger charge is 2.39. The molecule has 4 rings (SSSR count). The molecule has 3 amide bonds. The molecule has 0 spiro atoms. The summed E-state index contributed by atoms with van der Waals surface area (Å²) >= 11 is 0. The Balaban J connectivity index is 1.81. The summed E-state index contributed by atoms with van der Waals surface area (Å²) in [5.41, 5.74) is 7.96. The summed E-state index contributed by atoms with van der Waals surface area (Å²) in [4.78, 5) is 45.0. The van der Waals surface area contributed by atoms with Gasteiger partial charge < -0.3 is 25.1 Å². The first-order chi connectivity index (χ1) is 18.6. The number of urea groups is 1. The number of fused-ring (bicyclic) bond motifs is 1. The first-order valence-corrected chi connectivity index (χ1v) is 13.7. The number of rotatable bonds is 9. The highest BCUT2D eigenvalue weighted by Crippen LogP contribution is 2.32. The van der Waals surface area contributed by atoms with Gasteiger partial charge in [-0.15, -0.1) is 0 Å². The molecule has 0 bridgehead atoms. The van der Waals surface area contributed by atoms with Crippen molar-refractivity contribution in [3.05, 3.63) is 53.4 Å². The number of aromatic carboxylic acids is 1. The molecule has 1 aromatic carbocycles. The molecule has 3 aromatic rings. The number of carbonyl (C=O) groups excluding carboxylic acids is 2. The Hall–Kier alpha value is -3.66. The minimum atomic E-state index is -1.24. The van der Waals surface area contributed by atoms with Gasteiger partial charge in [-0.1, -0.05) is 51.3 Å². The van der Waals surface area contributed by atoms with E-state index < -0.39 is 30.0 Å². The van der Waals surface area contributed by atoms with E-state index in [2.05, 4.69) is 10.3 Å². The van der Waals surface area contributed by atoms with Crippen LogP contribution in [0.5, 0.6) is 0 Å². The Morgan fingerprint density at radius 2 is 1.90 bits per heavy atom. The lowest BCUT2D eigenvalue weighted by atomic mass is 9.95. The van der Waals surface area contributed by atoms with Gasteiger partial charge >= 0.3 is 12.0 Å². The molecule has 1 aliphatic carbocycles. The third kappa shape index (κ3) is 6.33. The number of para-hydroxylation sites is 1. The van der Waals surface area contributed by atoms with Crippen molar-refractivity contribution in [2.24, 2.45) is 18.7 Å². The number of amides is 3. The van der Waals surface area contributed by atoms with E-state index in [-0.39, 0.29) is 35.7 Å². The second kappa shape index (κ2) is 12.0. The largest absolute Gasteiger partial charge is 0.476 e. The maximum absolute atomic E-state index is 13.9. The number of nitrogens with two attached hydrogens (primary N) is 1. The van der Waals surface area contributed by atoms with Crippen molar-refractivity contribution in [2.75, 3.05) is 0 Å². The van der Waals surface area contributed by atoms with E-state index in [0.29, 0.717) is 6.42 Å². The summed E-state index contributed by atoms with van der Waals surface area (Å²) in [5, 5.41) is 13.7. The fraction of sp³-hybridized carbons (Fsp3) is 0.517. The van der Waals surface area contributed by atoms with Crippen LogP contribution in [-0.2, 0) is 18.3 Å². The van der Waals surface area contributed by atoms with Gasteiger partial charge in [-0.2, -0.15) is 0 Å². The number of hydrogen-bond acceptors (Lipinski definition) is 6. The average Bonchev–Trinajstić information content (AvgIpc) is 3.43. The van der Waals surface area contributed by atoms with Crippen LogP contribution in [0, 0.1) is 12.8 Å². The van der Waals surface area contributed by atoms with Crippen LogP contribution in [0.1, 0.15) is 86.1 Å². The number of oxazole rings is 1. The van der Waals surface area contributed by atoms with Crippen molar-refractivity contribution >= 4 is 28.8 Å². The van der Waals surface area contributed by atoms with Crippen molar-refractivity contribution in [1.82, 2.24) is 19.8 Å². The molecular formula is C29H39N5O5. The molecule has 2 aromatic heterocycles. The minimum Gasteiger partial charge on any atom is -0.476 e. The van der Waals surface area contributed by atoms with Crippen molar-refractivity contribution in [2.45, 2.75) is 83.8 Å². The number of imide groups is 1. The van der Waals surface area contributed by atoms with E-state index in [1.165, 1.54) is 6.92 Å². The monoisotopic (exact) mass is 537 g/mol. The summed E-state index contributed by atoms with van der Waals surface area (Å²) in [6.07, 6.45) is 7.31. The van der Waals surface area contributed by atoms with Gasteiger partial charge in [0, 0.05) is 36.6 Å². The number of carboxylic acids is 1. The van der Waals surface area contributed by atoms with Crippen molar-refractivity contribution in [3.8, 4) is 0 Å². The summed E-state index contributed by atoms with van der Waals surface area (Å²) < 4.78 is 7.82. The van der Waals surface area contributed by atoms with E-state index in [1.54, 1.807) is 0 Å². The zero-order chi connectivity index (χ0) is 28.3. The second-order valence-corrected chi connectivity index (χ2v) is 11.0. The van der Waals surface area contributed by atoms with E-state index in [1.807, 2.05) is 55.9 Å². The molecule has 2 atom stereocenters. The number of benzene rings is 1. The van der Waals surface area contributed by atoms with Crippen LogP contribution in [0.2, 0.25) is 0 Å². The third-order valence-electron chi connectivity index (χ3n) is 7.44.